The summed E-state index contributed by atoms with van der Waals surface area (Å²) in [6.07, 6.45) is 3.67. The predicted octanol–water partition coefficient (Wildman–Crippen LogP) is 2.00. The van der Waals surface area contributed by atoms with Crippen LogP contribution in [0.15, 0.2) is 6.33 Å². The van der Waals surface area contributed by atoms with Gasteiger partial charge in [-0.1, -0.05) is 0 Å². The zero-order valence-electron chi connectivity index (χ0n) is 11.4. The van der Waals surface area contributed by atoms with Crippen LogP contribution < -0.4 is 4.74 Å². The first-order chi connectivity index (χ1) is 9.83. The molecule has 1 aliphatic rings. The molecule has 6 nitrogen and oxygen atoms in total. The average molecular weight is 297 g/mol. The van der Waals surface area contributed by atoms with Gasteiger partial charge in [-0.15, -0.1) is 11.6 Å². The van der Waals surface area contributed by atoms with Gasteiger partial charge in [-0.2, -0.15) is 4.98 Å². The van der Waals surface area contributed by atoms with Crippen molar-refractivity contribution in [3.63, 3.8) is 0 Å². The number of imidazole rings is 1. The van der Waals surface area contributed by atoms with Crippen LogP contribution in [0.1, 0.15) is 18.7 Å². The highest BCUT2D eigenvalue weighted by Gasteiger charge is 2.19. The predicted molar refractivity (Wildman–Crippen MR) is 75.0 cm³/mol. The van der Waals surface area contributed by atoms with E-state index in [4.69, 9.17) is 21.1 Å². The third kappa shape index (κ3) is 2.45. The van der Waals surface area contributed by atoms with Gasteiger partial charge in [-0.25, -0.2) is 9.97 Å². The average Bonchev–Trinajstić information content (AvgIpc) is 3.11. The van der Waals surface area contributed by atoms with Gasteiger partial charge in [0.1, 0.15) is 12.2 Å². The normalized spacial score (nSPS) is 18.8. The quantitative estimate of drug-likeness (QED) is 0.790. The van der Waals surface area contributed by atoms with Crippen molar-refractivity contribution in [1.82, 2.24) is 19.5 Å². The van der Waals surface area contributed by atoms with Crippen LogP contribution in [-0.2, 0) is 17.2 Å². The molecule has 1 aliphatic heterocycles. The summed E-state index contributed by atoms with van der Waals surface area (Å²) in [6.45, 7) is 2.56. The maximum absolute atomic E-state index is 6.00. The molecule has 0 aromatic carbocycles. The first-order valence-electron chi connectivity index (χ1n) is 6.71. The monoisotopic (exact) mass is 296 g/mol. The summed E-state index contributed by atoms with van der Waals surface area (Å²) >= 11 is 6.00. The number of methoxy groups -OCH3 is 1. The number of halogens is 1. The van der Waals surface area contributed by atoms with E-state index < -0.39 is 0 Å². The zero-order chi connectivity index (χ0) is 13.9. The first-order valence-corrected chi connectivity index (χ1v) is 7.24. The van der Waals surface area contributed by atoms with Crippen LogP contribution in [0.5, 0.6) is 5.88 Å². The number of rotatable bonds is 5. The summed E-state index contributed by atoms with van der Waals surface area (Å²) in [5.74, 6) is 2.25. The van der Waals surface area contributed by atoms with Gasteiger partial charge in [0.05, 0.1) is 13.0 Å². The van der Waals surface area contributed by atoms with Crippen molar-refractivity contribution >= 4 is 22.8 Å². The summed E-state index contributed by atoms with van der Waals surface area (Å²) in [6, 6.07) is 0. The third-order valence-corrected chi connectivity index (χ3v) is 3.91. The highest BCUT2D eigenvalue weighted by atomic mass is 35.5. The molecule has 0 bridgehead atoms. The van der Waals surface area contributed by atoms with Gasteiger partial charge in [0.25, 0.3) is 0 Å². The van der Waals surface area contributed by atoms with Crippen LogP contribution in [0.4, 0.5) is 0 Å². The van der Waals surface area contributed by atoms with Gasteiger partial charge < -0.3 is 14.0 Å². The number of hydrogen-bond acceptors (Lipinski definition) is 5. The minimum absolute atomic E-state index is 0.348. The minimum Gasteiger partial charge on any atom is -0.479 e. The van der Waals surface area contributed by atoms with Crippen molar-refractivity contribution in [2.75, 3.05) is 20.3 Å². The molecule has 1 unspecified atom stereocenters. The Labute approximate surface area is 122 Å². The summed E-state index contributed by atoms with van der Waals surface area (Å²) in [5, 5.41) is 0. The Morgan fingerprint density at radius 3 is 3.10 bits per heavy atom. The number of alkyl halides is 1. The lowest BCUT2D eigenvalue weighted by Gasteiger charge is -2.10. The maximum Gasteiger partial charge on any atom is 0.245 e. The van der Waals surface area contributed by atoms with E-state index in [1.54, 1.807) is 7.11 Å². The van der Waals surface area contributed by atoms with Crippen LogP contribution >= 0.6 is 11.6 Å². The maximum atomic E-state index is 6.00. The van der Waals surface area contributed by atoms with E-state index in [1.807, 2.05) is 0 Å². The standard InChI is InChI=1S/C13H17ClN4O2/c1-19-13-11-12(15-8-16-13)18(10(6-14)17-11)4-2-9-3-5-20-7-9/h8-9H,2-7H2,1H3. The van der Waals surface area contributed by atoms with Crippen LogP contribution in [-0.4, -0.2) is 39.8 Å². The van der Waals surface area contributed by atoms with Crippen LogP contribution in [0.2, 0.25) is 0 Å². The molecule has 2 aromatic heterocycles. The van der Waals surface area contributed by atoms with Crippen molar-refractivity contribution in [2.45, 2.75) is 25.3 Å². The Morgan fingerprint density at radius 1 is 1.50 bits per heavy atom. The molecule has 1 saturated heterocycles. The Morgan fingerprint density at radius 2 is 2.40 bits per heavy atom. The molecule has 20 heavy (non-hydrogen) atoms. The van der Waals surface area contributed by atoms with Crippen molar-refractivity contribution in [1.29, 1.82) is 0 Å². The minimum atomic E-state index is 0.348. The summed E-state index contributed by atoms with van der Waals surface area (Å²) in [5.41, 5.74) is 1.46. The van der Waals surface area contributed by atoms with Gasteiger partial charge >= 0.3 is 0 Å². The third-order valence-electron chi connectivity index (χ3n) is 3.68. The highest BCUT2D eigenvalue weighted by Crippen LogP contribution is 2.24. The molecule has 7 heteroatoms. The molecule has 0 amide bonds. The Kier molecular flexibility index (Phi) is 4.03. The number of hydrogen-bond donors (Lipinski definition) is 0. The largest absolute Gasteiger partial charge is 0.479 e. The number of nitrogens with zero attached hydrogens (tertiary/aromatic N) is 4. The SMILES string of the molecule is COc1ncnc2c1nc(CCl)n2CCC1CCOC1. The van der Waals surface area contributed by atoms with Gasteiger partial charge in [0.15, 0.2) is 11.2 Å². The van der Waals surface area contributed by atoms with Gasteiger partial charge in [-0.3, -0.25) is 0 Å². The molecule has 0 N–H and O–H groups in total. The molecule has 0 radical (unpaired) electrons. The van der Waals surface area contributed by atoms with E-state index in [0.717, 1.165) is 44.1 Å². The smallest absolute Gasteiger partial charge is 0.245 e. The molecular formula is C13H17ClN4O2. The molecule has 108 valence electrons. The summed E-state index contributed by atoms with van der Waals surface area (Å²) < 4.78 is 12.7. The second-order valence-corrected chi connectivity index (χ2v) is 5.15. The van der Waals surface area contributed by atoms with E-state index in [-0.39, 0.29) is 0 Å². The molecule has 3 heterocycles. The molecule has 1 fully saturated rings. The van der Waals surface area contributed by atoms with E-state index in [9.17, 15) is 0 Å². The Balaban J connectivity index is 1.91. The molecular weight excluding hydrogens is 280 g/mol. The lowest BCUT2D eigenvalue weighted by atomic mass is 10.1. The molecule has 1 atom stereocenters. The van der Waals surface area contributed by atoms with Crippen molar-refractivity contribution in [2.24, 2.45) is 5.92 Å². The molecule has 2 aromatic rings. The number of fused-ring (bicyclic) bond motifs is 1. The highest BCUT2D eigenvalue weighted by molar-refractivity contribution is 6.16. The van der Waals surface area contributed by atoms with E-state index in [2.05, 4.69) is 19.5 Å². The topological polar surface area (TPSA) is 62.1 Å². The first kappa shape index (κ1) is 13.6. The van der Waals surface area contributed by atoms with E-state index >= 15 is 0 Å². The van der Waals surface area contributed by atoms with Crippen LogP contribution in [0.25, 0.3) is 11.2 Å². The Hall–Kier alpha value is -1.40. The van der Waals surface area contributed by atoms with Crippen LogP contribution in [0, 0.1) is 5.92 Å². The molecule has 3 rings (SSSR count). The zero-order valence-corrected chi connectivity index (χ0v) is 12.1. The van der Waals surface area contributed by atoms with Gasteiger partial charge in [0.2, 0.25) is 5.88 Å². The number of aromatic nitrogens is 4. The molecule has 0 aliphatic carbocycles. The Bertz CT molecular complexity index is 595. The fraction of sp³-hybridized carbons (Fsp3) is 0.615. The lowest BCUT2D eigenvalue weighted by Crippen LogP contribution is -2.09. The van der Waals surface area contributed by atoms with Crippen molar-refractivity contribution in [3.8, 4) is 5.88 Å². The van der Waals surface area contributed by atoms with Crippen molar-refractivity contribution in [3.05, 3.63) is 12.2 Å². The number of aryl methyl sites for hydroxylation is 1. The van der Waals surface area contributed by atoms with Crippen molar-refractivity contribution < 1.29 is 9.47 Å². The molecule has 0 saturated carbocycles. The van der Waals surface area contributed by atoms with E-state index in [0.29, 0.717) is 23.2 Å². The molecule has 0 spiro atoms. The van der Waals surface area contributed by atoms with E-state index in [1.165, 1.54) is 6.33 Å². The fourth-order valence-corrected chi connectivity index (χ4v) is 2.77. The second kappa shape index (κ2) is 5.93. The van der Waals surface area contributed by atoms with Crippen LogP contribution in [0.3, 0.4) is 0 Å². The summed E-state index contributed by atoms with van der Waals surface area (Å²) in [7, 11) is 1.58. The van der Waals surface area contributed by atoms with Gasteiger partial charge in [-0.05, 0) is 18.8 Å². The number of ether oxygens (including phenoxy) is 2. The fourth-order valence-electron chi connectivity index (χ4n) is 2.57. The van der Waals surface area contributed by atoms with Gasteiger partial charge in [0, 0.05) is 19.8 Å². The second-order valence-electron chi connectivity index (χ2n) is 4.89. The lowest BCUT2D eigenvalue weighted by molar-refractivity contribution is 0.183. The summed E-state index contributed by atoms with van der Waals surface area (Å²) in [4.78, 5) is 12.9.